The lowest BCUT2D eigenvalue weighted by molar-refractivity contribution is 0.0870. The highest BCUT2D eigenvalue weighted by Crippen LogP contribution is 2.24. The van der Waals surface area contributed by atoms with Crippen molar-refractivity contribution in [2.75, 3.05) is 25.6 Å². The molecule has 0 amide bonds. The zero-order chi connectivity index (χ0) is 12.0. The zero-order valence-corrected chi connectivity index (χ0v) is 9.92. The quantitative estimate of drug-likeness (QED) is 0.758. The first-order valence-corrected chi connectivity index (χ1v) is 5.32. The van der Waals surface area contributed by atoms with E-state index in [1.165, 1.54) is 19.2 Å². The summed E-state index contributed by atoms with van der Waals surface area (Å²) in [7, 11) is 1.52. The van der Waals surface area contributed by atoms with Crippen molar-refractivity contribution in [3.8, 4) is 5.75 Å². The molecule has 0 saturated carbocycles. The predicted octanol–water partition coefficient (Wildman–Crippen LogP) is 2.67. The highest BCUT2D eigenvalue weighted by Gasteiger charge is 2.03. The van der Waals surface area contributed by atoms with Crippen molar-refractivity contribution in [3.63, 3.8) is 0 Å². The summed E-state index contributed by atoms with van der Waals surface area (Å²) in [6.45, 7) is 5.25. The third-order valence-corrected chi connectivity index (χ3v) is 2.03. The van der Waals surface area contributed by atoms with Crippen LogP contribution in [0.2, 0.25) is 0 Å². The fraction of sp³-hybridized carbons (Fsp3) is 0.500. The Morgan fingerprint density at radius 1 is 1.38 bits per heavy atom. The molecule has 0 aliphatic carbocycles. The lowest BCUT2D eigenvalue weighted by Crippen LogP contribution is -2.13. The number of benzene rings is 1. The topological polar surface area (TPSA) is 30.5 Å². The Balaban J connectivity index is 2.47. The highest BCUT2D eigenvalue weighted by atomic mass is 19.1. The normalized spacial score (nSPS) is 10.6. The van der Waals surface area contributed by atoms with Gasteiger partial charge in [-0.15, -0.1) is 0 Å². The van der Waals surface area contributed by atoms with Gasteiger partial charge in [-0.1, -0.05) is 0 Å². The standard InChI is InChI=1S/C12H18FNO2/c1-9(2)16-7-6-14-11-5-4-10(13)8-12(11)15-3/h4-5,8-9,14H,6-7H2,1-3H3. The molecule has 0 bridgehead atoms. The molecule has 90 valence electrons. The van der Waals surface area contributed by atoms with Gasteiger partial charge < -0.3 is 14.8 Å². The van der Waals surface area contributed by atoms with Gasteiger partial charge >= 0.3 is 0 Å². The van der Waals surface area contributed by atoms with Crippen LogP contribution in [-0.4, -0.2) is 26.4 Å². The van der Waals surface area contributed by atoms with Crippen molar-refractivity contribution in [1.82, 2.24) is 0 Å². The molecular weight excluding hydrogens is 209 g/mol. The van der Waals surface area contributed by atoms with Gasteiger partial charge in [-0.05, 0) is 26.0 Å². The molecule has 1 N–H and O–H groups in total. The van der Waals surface area contributed by atoms with Crippen molar-refractivity contribution in [2.24, 2.45) is 0 Å². The van der Waals surface area contributed by atoms with Gasteiger partial charge in [0.2, 0.25) is 0 Å². The fourth-order valence-electron chi connectivity index (χ4n) is 1.29. The third kappa shape index (κ3) is 4.06. The maximum Gasteiger partial charge on any atom is 0.144 e. The summed E-state index contributed by atoms with van der Waals surface area (Å²) in [6.07, 6.45) is 0.219. The molecule has 0 unspecified atom stereocenters. The lowest BCUT2D eigenvalue weighted by Gasteiger charge is -2.12. The van der Waals surface area contributed by atoms with Gasteiger partial charge in [-0.3, -0.25) is 0 Å². The Labute approximate surface area is 95.6 Å². The van der Waals surface area contributed by atoms with Crippen molar-refractivity contribution in [3.05, 3.63) is 24.0 Å². The van der Waals surface area contributed by atoms with Crippen LogP contribution in [0.25, 0.3) is 0 Å². The van der Waals surface area contributed by atoms with Gasteiger partial charge in [0.25, 0.3) is 0 Å². The number of ether oxygens (including phenoxy) is 2. The molecule has 0 saturated heterocycles. The average molecular weight is 227 g/mol. The van der Waals surface area contributed by atoms with E-state index in [-0.39, 0.29) is 11.9 Å². The van der Waals surface area contributed by atoms with Crippen LogP contribution in [0.4, 0.5) is 10.1 Å². The maximum atomic E-state index is 12.9. The van der Waals surface area contributed by atoms with E-state index in [1.807, 2.05) is 13.8 Å². The molecule has 1 aromatic rings. The van der Waals surface area contributed by atoms with Crippen molar-refractivity contribution < 1.29 is 13.9 Å². The van der Waals surface area contributed by atoms with Gasteiger partial charge in [-0.2, -0.15) is 0 Å². The average Bonchev–Trinajstić information content (AvgIpc) is 2.25. The predicted molar refractivity (Wildman–Crippen MR) is 62.5 cm³/mol. The Hall–Kier alpha value is -1.29. The van der Waals surface area contributed by atoms with E-state index in [9.17, 15) is 4.39 Å². The van der Waals surface area contributed by atoms with E-state index in [0.29, 0.717) is 18.9 Å². The van der Waals surface area contributed by atoms with Gasteiger partial charge in [0.1, 0.15) is 11.6 Å². The first-order valence-electron chi connectivity index (χ1n) is 5.32. The number of hydrogen-bond donors (Lipinski definition) is 1. The molecular formula is C12H18FNO2. The van der Waals surface area contributed by atoms with Crippen molar-refractivity contribution in [2.45, 2.75) is 20.0 Å². The Morgan fingerprint density at radius 3 is 2.75 bits per heavy atom. The number of halogens is 1. The summed E-state index contributed by atoms with van der Waals surface area (Å²) >= 11 is 0. The minimum atomic E-state index is -0.305. The summed E-state index contributed by atoms with van der Waals surface area (Å²) in [5.74, 6) is 0.199. The smallest absolute Gasteiger partial charge is 0.144 e. The molecule has 16 heavy (non-hydrogen) atoms. The second kappa shape index (κ2) is 6.33. The summed E-state index contributed by atoms with van der Waals surface area (Å²) in [6, 6.07) is 4.41. The first-order chi connectivity index (χ1) is 7.63. The molecule has 0 spiro atoms. The summed E-state index contributed by atoms with van der Waals surface area (Å²) in [5, 5.41) is 3.13. The molecule has 0 heterocycles. The van der Waals surface area contributed by atoms with Crippen LogP contribution in [0, 0.1) is 5.82 Å². The van der Waals surface area contributed by atoms with Crippen LogP contribution >= 0.6 is 0 Å². The fourth-order valence-corrected chi connectivity index (χ4v) is 1.29. The maximum absolute atomic E-state index is 12.9. The largest absolute Gasteiger partial charge is 0.494 e. The number of anilines is 1. The van der Waals surface area contributed by atoms with E-state index in [1.54, 1.807) is 6.07 Å². The first kappa shape index (κ1) is 12.8. The van der Waals surface area contributed by atoms with Gasteiger partial charge in [0.15, 0.2) is 0 Å². The highest BCUT2D eigenvalue weighted by molar-refractivity contribution is 5.56. The monoisotopic (exact) mass is 227 g/mol. The van der Waals surface area contributed by atoms with Crippen molar-refractivity contribution in [1.29, 1.82) is 0 Å². The number of nitrogens with one attached hydrogen (secondary N) is 1. The van der Waals surface area contributed by atoms with Gasteiger partial charge in [0, 0.05) is 12.6 Å². The number of methoxy groups -OCH3 is 1. The molecule has 0 aliphatic rings. The van der Waals surface area contributed by atoms with Gasteiger partial charge in [-0.25, -0.2) is 4.39 Å². The summed E-state index contributed by atoms with van der Waals surface area (Å²) in [4.78, 5) is 0. The molecule has 3 nitrogen and oxygen atoms in total. The SMILES string of the molecule is COc1cc(F)ccc1NCCOC(C)C. The molecule has 0 atom stereocenters. The molecule has 0 fully saturated rings. The van der Waals surface area contributed by atoms with E-state index in [0.717, 1.165) is 5.69 Å². The second-order valence-electron chi connectivity index (χ2n) is 3.69. The van der Waals surface area contributed by atoms with Crippen LogP contribution in [-0.2, 0) is 4.74 Å². The van der Waals surface area contributed by atoms with Crippen LogP contribution in [0.1, 0.15) is 13.8 Å². The van der Waals surface area contributed by atoms with Crippen LogP contribution in [0.3, 0.4) is 0 Å². The van der Waals surface area contributed by atoms with E-state index in [2.05, 4.69) is 5.32 Å². The van der Waals surface area contributed by atoms with E-state index in [4.69, 9.17) is 9.47 Å². The zero-order valence-electron chi connectivity index (χ0n) is 9.92. The number of rotatable bonds is 6. The second-order valence-corrected chi connectivity index (χ2v) is 3.69. The van der Waals surface area contributed by atoms with Crippen LogP contribution in [0.5, 0.6) is 5.75 Å². The van der Waals surface area contributed by atoms with E-state index >= 15 is 0 Å². The third-order valence-electron chi connectivity index (χ3n) is 2.03. The molecule has 0 aliphatic heterocycles. The number of hydrogen-bond acceptors (Lipinski definition) is 3. The Kier molecular flexibility index (Phi) is 5.05. The van der Waals surface area contributed by atoms with Gasteiger partial charge in [0.05, 0.1) is 25.5 Å². The van der Waals surface area contributed by atoms with Crippen molar-refractivity contribution >= 4 is 5.69 Å². The van der Waals surface area contributed by atoms with E-state index < -0.39 is 0 Å². The molecule has 0 aromatic heterocycles. The Bertz CT molecular complexity index is 329. The van der Waals surface area contributed by atoms with Crippen LogP contribution in [0.15, 0.2) is 18.2 Å². The lowest BCUT2D eigenvalue weighted by atomic mass is 10.3. The molecule has 0 radical (unpaired) electrons. The molecule has 4 heteroatoms. The summed E-state index contributed by atoms with van der Waals surface area (Å²) < 4.78 is 23.3. The minimum Gasteiger partial charge on any atom is -0.494 e. The Morgan fingerprint density at radius 2 is 2.12 bits per heavy atom. The summed E-state index contributed by atoms with van der Waals surface area (Å²) in [5.41, 5.74) is 0.774. The van der Waals surface area contributed by atoms with Crippen LogP contribution < -0.4 is 10.1 Å². The molecule has 1 aromatic carbocycles. The molecule has 1 rings (SSSR count). The minimum absolute atomic E-state index is 0.219.